The molecule has 4 rings (SSSR count). The zero-order valence-corrected chi connectivity index (χ0v) is 32.7. The molecule has 0 bridgehead atoms. The molecule has 1 aliphatic rings. The van der Waals surface area contributed by atoms with E-state index in [4.69, 9.17) is 9.31 Å². The molecule has 0 radical (unpaired) electrons. The standard InChI is InChI=1S/C41H55BN6O7/c1-28(2)22-32-14-16-33(17-15-32)30(5)39(51)45-18-10-7-11-21-48-26-37(49)54-42(55-38(50)27-48)36(23-29(3)4)47-40(52)34(24-31-12-8-6-9-13-31)46-41(53)35-25-43-19-20-44-35/h6,8-9,12-17,19-20,25,28-30,34,36H,7,10-11,18,21-24,26-27H2,1-5H3,(H,45,51)(H,46,53)(H,47,52)/t30-,34-,36-/m0/s1. The van der Waals surface area contributed by atoms with Crippen molar-refractivity contribution in [2.24, 2.45) is 11.8 Å². The number of nitrogens with one attached hydrogen (secondary N) is 3. The van der Waals surface area contributed by atoms with E-state index in [1.807, 2.05) is 63.2 Å². The molecule has 2 aromatic carbocycles. The van der Waals surface area contributed by atoms with Gasteiger partial charge in [0.2, 0.25) is 11.8 Å². The van der Waals surface area contributed by atoms with E-state index in [1.165, 1.54) is 24.2 Å². The van der Waals surface area contributed by atoms with Crippen molar-refractivity contribution in [3.8, 4) is 0 Å². The van der Waals surface area contributed by atoms with Gasteiger partial charge in [0.1, 0.15) is 11.7 Å². The molecule has 55 heavy (non-hydrogen) atoms. The number of benzene rings is 2. The van der Waals surface area contributed by atoms with E-state index in [-0.39, 0.29) is 42.9 Å². The average Bonchev–Trinajstić information content (AvgIpc) is 3.14. The summed E-state index contributed by atoms with van der Waals surface area (Å²) in [4.78, 5) is 75.4. The highest BCUT2D eigenvalue weighted by Gasteiger charge is 2.42. The number of hydrogen-bond donors (Lipinski definition) is 3. The van der Waals surface area contributed by atoms with E-state index in [0.29, 0.717) is 31.8 Å². The first-order chi connectivity index (χ1) is 26.4. The summed E-state index contributed by atoms with van der Waals surface area (Å²) in [6.07, 6.45) is 7.87. The fraction of sp³-hybridized carbons (Fsp3) is 0.488. The Morgan fingerprint density at radius 2 is 1.45 bits per heavy atom. The second-order valence-electron chi connectivity index (χ2n) is 15.0. The first-order valence-electron chi connectivity index (χ1n) is 19.3. The molecule has 0 spiro atoms. The summed E-state index contributed by atoms with van der Waals surface area (Å²) in [6.45, 7) is 10.9. The lowest BCUT2D eigenvalue weighted by Gasteiger charge is -2.30. The second kappa shape index (κ2) is 21.7. The van der Waals surface area contributed by atoms with E-state index in [9.17, 15) is 24.0 Å². The van der Waals surface area contributed by atoms with Crippen LogP contribution in [0.15, 0.2) is 73.2 Å². The maximum Gasteiger partial charge on any atom is 0.622 e. The van der Waals surface area contributed by atoms with Crippen LogP contribution in [0.3, 0.4) is 0 Å². The van der Waals surface area contributed by atoms with Gasteiger partial charge in [-0.05, 0) is 67.7 Å². The third-order valence-electron chi connectivity index (χ3n) is 9.25. The number of carbonyl (C=O) groups excluding carboxylic acids is 5. The van der Waals surface area contributed by atoms with E-state index in [2.05, 4.69) is 51.9 Å². The van der Waals surface area contributed by atoms with Crippen molar-refractivity contribution in [3.63, 3.8) is 0 Å². The Labute approximate surface area is 324 Å². The van der Waals surface area contributed by atoms with Crippen molar-refractivity contribution in [1.29, 1.82) is 0 Å². The summed E-state index contributed by atoms with van der Waals surface area (Å²) >= 11 is 0. The van der Waals surface area contributed by atoms with Gasteiger partial charge >= 0.3 is 19.1 Å². The first-order valence-corrected chi connectivity index (χ1v) is 19.3. The molecule has 294 valence electrons. The summed E-state index contributed by atoms with van der Waals surface area (Å²) in [5.41, 5.74) is 3.11. The van der Waals surface area contributed by atoms with Crippen LogP contribution in [-0.2, 0) is 41.3 Å². The normalized spacial score (nSPS) is 15.3. The Morgan fingerprint density at radius 1 is 0.782 bits per heavy atom. The van der Waals surface area contributed by atoms with Crippen molar-refractivity contribution < 1.29 is 33.3 Å². The Bertz CT molecular complexity index is 1670. The van der Waals surface area contributed by atoms with Crippen LogP contribution < -0.4 is 16.0 Å². The summed E-state index contributed by atoms with van der Waals surface area (Å²) < 4.78 is 11.3. The molecule has 13 nitrogen and oxygen atoms in total. The van der Waals surface area contributed by atoms with Gasteiger partial charge in [0.15, 0.2) is 0 Å². The molecule has 2 heterocycles. The number of aromatic nitrogens is 2. The van der Waals surface area contributed by atoms with Gasteiger partial charge < -0.3 is 25.3 Å². The minimum absolute atomic E-state index is 0.0223. The summed E-state index contributed by atoms with van der Waals surface area (Å²) in [7, 11) is -1.36. The highest BCUT2D eigenvalue weighted by atomic mass is 16.6. The number of hydrogen-bond acceptors (Lipinski definition) is 10. The molecule has 1 aliphatic heterocycles. The SMILES string of the molecule is CC(C)Cc1ccc([C@H](C)C(=O)NCCCCCN2CC(=O)OB([C@H](CC(C)C)NC(=O)[C@H](Cc3ccccc3)NC(=O)c3cnccn3)OC(=O)C2)cc1. The maximum absolute atomic E-state index is 13.8. The van der Waals surface area contributed by atoms with E-state index < -0.39 is 42.9 Å². The highest BCUT2D eigenvalue weighted by Crippen LogP contribution is 2.18. The topological polar surface area (TPSA) is 169 Å². The monoisotopic (exact) mass is 754 g/mol. The molecule has 14 heteroatoms. The van der Waals surface area contributed by atoms with Gasteiger partial charge in [-0.1, -0.05) is 88.7 Å². The molecule has 0 aliphatic carbocycles. The lowest BCUT2D eigenvalue weighted by atomic mass is 9.73. The molecular weight excluding hydrogens is 699 g/mol. The van der Waals surface area contributed by atoms with Gasteiger partial charge in [0.05, 0.1) is 31.1 Å². The molecule has 3 amide bonds. The van der Waals surface area contributed by atoms with Crippen LogP contribution in [0.4, 0.5) is 0 Å². The van der Waals surface area contributed by atoms with Crippen molar-refractivity contribution in [2.75, 3.05) is 26.2 Å². The van der Waals surface area contributed by atoms with Gasteiger partial charge in [0, 0.05) is 25.4 Å². The van der Waals surface area contributed by atoms with Gasteiger partial charge in [-0.25, -0.2) is 4.98 Å². The fourth-order valence-electron chi connectivity index (χ4n) is 6.41. The molecule has 1 fully saturated rings. The van der Waals surface area contributed by atoms with Crippen LogP contribution >= 0.6 is 0 Å². The number of unbranched alkanes of at least 4 members (excludes halogenated alkanes) is 2. The zero-order valence-electron chi connectivity index (χ0n) is 32.7. The Balaban J connectivity index is 1.27. The van der Waals surface area contributed by atoms with E-state index >= 15 is 0 Å². The van der Waals surface area contributed by atoms with Crippen LogP contribution in [-0.4, -0.2) is 89.8 Å². The van der Waals surface area contributed by atoms with Crippen molar-refractivity contribution in [1.82, 2.24) is 30.8 Å². The van der Waals surface area contributed by atoms with Gasteiger partial charge in [-0.2, -0.15) is 0 Å². The lowest BCUT2D eigenvalue weighted by Crippen LogP contribution is -2.58. The van der Waals surface area contributed by atoms with Crippen molar-refractivity contribution in [3.05, 3.63) is 95.6 Å². The van der Waals surface area contributed by atoms with Crippen LogP contribution in [0.1, 0.15) is 93.4 Å². The minimum Gasteiger partial charge on any atom is -0.497 e. The average molecular weight is 755 g/mol. The van der Waals surface area contributed by atoms with Crippen molar-refractivity contribution >= 4 is 36.8 Å². The molecule has 1 saturated heterocycles. The van der Waals surface area contributed by atoms with Crippen molar-refractivity contribution in [2.45, 2.75) is 91.0 Å². The summed E-state index contributed by atoms with van der Waals surface area (Å²) in [5.74, 6) is -2.84. The van der Waals surface area contributed by atoms with E-state index in [0.717, 1.165) is 30.4 Å². The zero-order chi connectivity index (χ0) is 39.7. The summed E-state index contributed by atoms with van der Waals surface area (Å²) in [5, 5.41) is 8.66. The summed E-state index contributed by atoms with van der Waals surface area (Å²) in [6, 6.07) is 16.4. The highest BCUT2D eigenvalue weighted by molar-refractivity contribution is 6.51. The van der Waals surface area contributed by atoms with Crippen LogP contribution in [0, 0.1) is 11.8 Å². The van der Waals surface area contributed by atoms with Gasteiger partial charge in [-0.3, -0.25) is 33.9 Å². The minimum atomic E-state index is -1.36. The third-order valence-corrected chi connectivity index (χ3v) is 9.25. The van der Waals surface area contributed by atoms with Gasteiger partial charge in [-0.15, -0.1) is 0 Å². The predicted octanol–water partition coefficient (Wildman–Crippen LogP) is 4.07. The quantitative estimate of drug-likeness (QED) is 0.120. The Hall–Kier alpha value is -5.11. The largest absolute Gasteiger partial charge is 0.622 e. The van der Waals surface area contributed by atoms with E-state index in [1.54, 1.807) is 4.90 Å². The first kappa shape index (κ1) is 42.6. The Kier molecular flexibility index (Phi) is 16.8. The van der Waals surface area contributed by atoms with Crippen LogP contribution in [0.2, 0.25) is 0 Å². The smallest absolute Gasteiger partial charge is 0.497 e. The number of nitrogens with zero attached hydrogens (tertiary/aromatic N) is 3. The lowest BCUT2D eigenvalue weighted by molar-refractivity contribution is -0.147. The fourth-order valence-corrected chi connectivity index (χ4v) is 6.41. The molecule has 3 N–H and O–H groups in total. The number of amides is 3. The molecule has 3 aromatic rings. The predicted molar refractivity (Wildman–Crippen MR) is 209 cm³/mol. The third kappa shape index (κ3) is 14.6. The second-order valence-corrected chi connectivity index (χ2v) is 15.0. The number of carbonyl (C=O) groups is 5. The maximum atomic E-state index is 13.8. The van der Waals surface area contributed by atoms with Gasteiger partial charge in [0.25, 0.3) is 5.91 Å². The number of rotatable bonds is 19. The Morgan fingerprint density at radius 3 is 2.07 bits per heavy atom. The molecule has 0 saturated carbocycles. The molecule has 3 atom stereocenters. The molecule has 0 unspecified atom stereocenters. The van der Waals surface area contributed by atoms with Crippen LogP contribution in [0.25, 0.3) is 0 Å². The van der Waals surface area contributed by atoms with Crippen LogP contribution in [0.5, 0.6) is 0 Å². The molecule has 1 aromatic heterocycles. The molecular formula is C41H55BN6O7.